The van der Waals surface area contributed by atoms with E-state index in [1.54, 1.807) is 18.2 Å². The number of aryl methyl sites for hydroxylation is 2. The summed E-state index contributed by atoms with van der Waals surface area (Å²) in [6.45, 7) is 4.05. The molecule has 0 heterocycles. The molecular weight excluding hydrogens is 380 g/mol. The highest BCUT2D eigenvalue weighted by Crippen LogP contribution is 2.22. The lowest BCUT2D eigenvalue weighted by molar-refractivity contribution is -0.113. The van der Waals surface area contributed by atoms with Crippen LogP contribution in [0.5, 0.6) is 0 Å². The monoisotopic (exact) mass is 406 g/mol. The summed E-state index contributed by atoms with van der Waals surface area (Å²) < 4.78 is 25.6. The minimum Gasteiger partial charge on any atom is -0.325 e. The Balaban J connectivity index is 1.96. The van der Waals surface area contributed by atoms with E-state index in [9.17, 15) is 13.2 Å². The van der Waals surface area contributed by atoms with Crippen LogP contribution in [0.25, 0.3) is 0 Å². The summed E-state index contributed by atoms with van der Waals surface area (Å²) in [7, 11) is -0.427. The Kier molecular flexibility index (Phi) is 7.47. The number of hydrogen-bond donors (Lipinski definition) is 1. The molecule has 1 amide bonds. The molecule has 0 unspecified atom stereocenters. The van der Waals surface area contributed by atoms with Gasteiger partial charge in [0.15, 0.2) is 0 Å². The lowest BCUT2D eigenvalue weighted by Gasteiger charge is -2.13. The van der Waals surface area contributed by atoms with Crippen molar-refractivity contribution < 1.29 is 13.2 Å². The molecule has 0 fully saturated rings. The van der Waals surface area contributed by atoms with E-state index >= 15 is 0 Å². The summed E-state index contributed by atoms with van der Waals surface area (Å²) in [6.07, 6.45) is 0.859. The SMILES string of the molecule is CCc1cccc(C)c1NC(=O)CSCc1cccc(S(=O)(=O)N(C)C)c1. The number of carbonyl (C=O) groups excluding carboxylic acids is 1. The van der Waals surface area contributed by atoms with Crippen molar-refractivity contribution in [1.82, 2.24) is 4.31 Å². The fourth-order valence-electron chi connectivity index (χ4n) is 2.65. The van der Waals surface area contributed by atoms with Gasteiger partial charge in [-0.15, -0.1) is 11.8 Å². The van der Waals surface area contributed by atoms with Crippen LogP contribution in [-0.2, 0) is 27.0 Å². The topological polar surface area (TPSA) is 66.5 Å². The maximum absolute atomic E-state index is 12.3. The van der Waals surface area contributed by atoms with E-state index in [0.717, 1.165) is 28.8 Å². The highest BCUT2D eigenvalue weighted by atomic mass is 32.2. The first-order valence-corrected chi connectivity index (χ1v) is 11.3. The number of nitrogens with zero attached hydrogens (tertiary/aromatic N) is 1. The zero-order valence-electron chi connectivity index (χ0n) is 16.2. The number of sulfonamides is 1. The number of anilines is 1. The van der Waals surface area contributed by atoms with Gasteiger partial charge in [0.25, 0.3) is 0 Å². The van der Waals surface area contributed by atoms with Gasteiger partial charge in [-0.2, -0.15) is 0 Å². The Morgan fingerprint density at radius 2 is 1.85 bits per heavy atom. The van der Waals surface area contributed by atoms with Crippen molar-refractivity contribution in [2.45, 2.75) is 30.9 Å². The standard InChI is InChI=1S/C20H26N2O3S2/c1-5-17-10-6-8-15(2)20(17)21-19(23)14-26-13-16-9-7-11-18(12-16)27(24,25)22(3)4/h6-12H,5,13-14H2,1-4H3,(H,21,23). The molecule has 0 saturated heterocycles. The normalized spacial score (nSPS) is 11.6. The summed E-state index contributed by atoms with van der Waals surface area (Å²) in [4.78, 5) is 12.6. The quantitative estimate of drug-likeness (QED) is 0.726. The average molecular weight is 407 g/mol. The van der Waals surface area contributed by atoms with Crippen LogP contribution in [0.3, 0.4) is 0 Å². The van der Waals surface area contributed by atoms with Crippen LogP contribution in [0.15, 0.2) is 47.4 Å². The van der Waals surface area contributed by atoms with Crippen LogP contribution in [0.2, 0.25) is 0 Å². The van der Waals surface area contributed by atoms with E-state index in [2.05, 4.69) is 12.2 Å². The summed E-state index contributed by atoms with van der Waals surface area (Å²) >= 11 is 1.46. The van der Waals surface area contributed by atoms with E-state index in [-0.39, 0.29) is 10.8 Å². The number of para-hydroxylation sites is 1. The summed E-state index contributed by atoms with van der Waals surface area (Å²) in [5.74, 6) is 0.821. The third kappa shape index (κ3) is 5.57. The molecule has 0 spiro atoms. The Hall–Kier alpha value is -1.83. The molecule has 0 aliphatic rings. The molecule has 0 bridgehead atoms. The Morgan fingerprint density at radius 1 is 1.15 bits per heavy atom. The van der Waals surface area contributed by atoms with Crippen molar-refractivity contribution in [2.24, 2.45) is 0 Å². The van der Waals surface area contributed by atoms with Crippen LogP contribution in [-0.4, -0.2) is 38.5 Å². The fourth-order valence-corrected chi connectivity index (χ4v) is 4.39. The smallest absolute Gasteiger partial charge is 0.242 e. The molecule has 0 atom stereocenters. The van der Waals surface area contributed by atoms with Gasteiger partial charge in [0.05, 0.1) is 10.6 Å². The molecule has 5 nitrogen and oxygen atoms in total. The Morgan fingerprint density at radius 3 is 2.52 bits per heavy atom. The van der Waals surface area contributed by atoms with Gasteiger partial charge in [-0.25, -0.2) is 12.7 Å². The summed E-state index contributed by atoms with van der Waals surface area (Å²) in [5, 5.41) is 3.00. The van der Waals surface area contributed by atoms with Crippen LogP contribution >= 0.6 is 11.8 Å². The molecule has 0 aliphatic carbocycles. The zero-order valence-corrected chi connectivity index (χ0v) is 17.8. The number of rotatable bonds is 8. The largest absolute Gasteiger partial charge is 0.325 e. The predicted octanol–water partition coefficient (Wildman–Crippen LogP) is 3.68. The van der Waals surface area contributed by atoms with Crippen LogP contribution < -0.4 is 5.32 Å². The van der Waals surface area contributed by atoms with Gasteiger partial charge in [0.1, 0.15) is 0 Å². The maximum Gasteiger partial charge on any atom is 0.242 e. The molecule has 0 radical (unpaired) electrons. The number of amides is 1. The van der Waals surface area contributed by atoms with Crippen molar-refractivity contribution in [2.75, 3.05) is 25.2 Å². The van der Waals surface area contributed by atoms with E-state index in [1.807, 2.05) is 31.2 Å². The minimum atomic E-state index is -3.45. The second-order valence-corrected chi connectivity index (χ2v) is 9.58. The van der Waals surface area contributed by atoms with Crippen molar-refractivity contribution in [1.29, 1.82) is 0 Å². The molecule has 7 heteroatoms. The third-order valence-corrected chi connectivity index (χ3v) is 7.00. The van der Waals surface area contributed by atoms with E-state index in [1.165, 1.54) is 30.2 Å². The van der Waals surface area contributed by atoms with Gasteiger partial charge in [-0.05, 0) is 42.2 Å². The second-order valence-electron chi connectivity index (χ2n) is 6.44. The van der Waals surface area contributed by atoms with Crippen molar-refractivity contribution in [3.63, 3.8) is 0 Å². The number of nitrogens with one attached hydrogen (secondary N) is 1. The van der Waals surface area contributed by atoms with Gasteiger partial charge in [-0.3, -0.25) is 4.79 Å². The molecule has 0 aromatic heterocycles. The predicted molar refractivity (Wildman–Crippen MR) is 113 cm³/mol. The van der Waals surface area contributed by atoms with Crippen LogP contribution in [0.1, 0.15) is 23.6 Å². The lowest BCUT2D eigenvalue weighted by Crippen LogP contribution is -2.22. The highest BCUT2D eigenvalue weighted by molar-refractivity contribution is 7.99. The van der Waals surface area contributed by atoms with Crippen molar-refractivity contribution >= 4 is 33.4 Å². The Labute approximate surface area is 166 Å². The molecule has 2 rings (SSSR count). The van der Waals surface area contributed by atoms with Gasteiger partial charge in [0.2, 0.25) is 15.9 Å². The zero-order chi connectivity index (χ0) is 20.0. The Bertz CT molecular complexity index is 909. The van der Waals surface area contributed by atoms with Gasteiger partial charge < -0.3 is 5.32 Å². The van der Waals surface area contributed by atoms with E-state index in [4.69, 9.17) is 0 Å². The lowest BCUT2D eigenvalue weighted by atomic mass is 10.1. The van der Waals surface area contributed by atoms with Crippen LogP contribution in [0.4, 0.5) is 5.69 Å². The molecule has 27 heavy (non-hydrogen) atoms. The first-order chi connectivity index (χ1) is 12.8. The molecule has 2 aromatic carbocycles. The molecular formula is C20H26N2O3S2. The van der Waals surface area contributed by atoms with E-state index < -0.39 is 10.0 Å². The first-order valence-electron chi connectivity index (χ1n) is 8.73. The molecule has 0 aliphatic heterocycles. The fraction of sp³-hybridized carbons (Fsp3) is 0.350. The van der Waals surface area contributed by atoms with E-state index in [0.29, 0.717) is 11.5 Å². The number of benzene rings is 2. The molecule has 0 saturated carbocycles. The number of carbonyl (C=O) groups is 1. The number of thioether (sulfide) groups is 1. The van der Waals surface area contributed by atoms with Gasteiger partial charge >= 0.3 is 0 Å². The first kappa shape index (κ1) is 21.5. The molecule has 2 aromatic rings. The summed E-state index contributed by atoms with van der Waals surface area (Å²) in [6, 6.07) is 12.8. The minimum absolute atomic E-state index is 0.0546. The van der Waals surface area contributed by atoms with Gasteiger partial charge in [-0.1, -0.05) is 37.3 Å². The molecule has 1 N–H and O–H groups in total. The maximum atomic E-state index is 12.3. The van der Waals surface area contributed by atoms with Crippen molar-refractivity contribution in [3.8, 4) is 0 Å². The third-order valence-electron chi connectivity index (χ3n) is 4.18. The number of hydrogen-bond acceptors (Lipinski definition) is 4. The second kappa shape index (κ2) is 9.39. The summed E-state index contributed by atoms with van der Waals surface area (Å²) in [5.41, 5.74) is 3.94. The van der Waals surface area contributed by atoms with Crippen molar-refractivity contribution in [3.05, 3.63) is 59.2 Å². The highest BCUT2D eigenvalue weighted by Gasteiger charge is 2.17. The average Bonchev–Trinajstić information content (AvgIpc) is 2.63. The molecule has 146 valence electrons. The van der Waals surface area contributed by atoms with Gasteiger partial charge in [0, 0.05) is 25.5 Å². The van der Waals surface area contributed by atoms with Crippen LogP contribution in [0, 0.1) is 6.92 Å².